The molecule has 0 amide bonds. The minimum atomic E-state index is -4.99. The fourth-order valence-corrected chi connectivity index (χ4v) is 0.388. The lowest BCUT2D eigenvalue weighted by Gasteiger charge is -2.03. The van der Waals surface area contributed by atoms with Crippen LogP contribution in [0.3, 0.4) is 0 Å². The quantitative estimate of drug-likeness (QED) is 0.444. The Kier molecular flexibility index (Phi) is 2.30. The molecule has 2 atom stereocenters. The summed E-state index contributed by atoms with van der Waals surface area (Å²) in [5.41, 5.74) is 4.69. The third kappa shape index (κ3) is 5.73. The summed E-state index contributed by atoms with van der Waals surface area (Å²) in [7, 11) is -4.99. The van der Waals surface area contributed by atoms with Gasteiger partial charge in [-0.1, -0.05) is 0 Å². The average molecular weight is 187 g/mol. The van der Waals surface area contributed by atoms with E-state index in [-0.39, 0.29) is 0 Å². The van der Waals surface area contributed by atoms with E-state index in [1.54, 1.807) is 0 Å². The monoisotopic (exact) mass is 187 g/mol. The molecule has 8 heteroatoms. The van der Waals surface area contributed by atoms with Crippen molar-refractivity contribution < 1.29 is 29.8 Å². The number of carboxylic acid groups (broad SMARTS) is 1. The molecule has 0 fully saturated rings. The van der Waals surface area contributed by atoms with Crippen molar-refractivity contribution in [2.24, 2.45) is 5.73 Å². The SMILES string of the molecule is [2H][C@H](OS(=O)(=O)O)[C@]([2H])(N)C(=O)O. The van der Waals surface area contributed by atoms with Crippen molar-refractivity contribution in [2.45, 2.75) is 6.02 Å². The van der Waals surface area contributed by atoms with Crippen LogP contribution >= 0.6 is 0 Å². The van der Waals surface area contributed by atoms with Crippen LogP contribution in [0, 0.1) is 0 Å². The van der Waals surface area contributed by atoms with Crippen molar-refractivity contribution >= 4 is 16.4 Å². The number of aliphatic carboxylic acids is 1. The Labute approximate surface area is 65.5 Å². The molecule has 7 nitrogen and oxygen atoms in total. The zero-order chi connectivity index (χ0) is 10.9. The van der Waals surface area contributed by atoms with Crippen molar-refractivity contribution in [1.82, 2.24) is 0 Å². The molecule has 66 valence electrons. The third-order valence-corrected chi connectivity index (χ3v) is 0.883. The van der Waals surface area contributed by atoms with Crippen LogP contribution in [0.1, 0.15) is 2.74 Å². The topological polar surface area (TPSA) is 127 Å². The summed E-state index contributed by atoms with van der Waals surface area (Å²) in [5, 5.41) is 8.22. The summed E-state index contributed by atoms with van der Waals surface area (Å²) in [6.07, 6.45) is 0. The van der Waals surface area contributed by atoms with Crippen LogP contribution in [0.4, 0.5) is 0 Å². The van der Waals surface area contributed by atoms with E-state index in [1.807, 2.05) is 0 Å². The minimum Gasteiger partial charge on any atom is -0.480 e. The van der Waals surface area contributed by atoms with Gasteiger partial charge in [0.2, 0.25) is 0 Å². The van der Waals surface area contributed by atoms with Gasteiger partial charge in [0, 0.05) is 0 Å². The highest BCUT2D eigenvalue weighted by Gasteiger charge is 2.15. The molecular formula is C3H7NO6S. The van der Waals surface area contributed by atoms with Gasteiger partial charge in [-0.25, -0.2) is 4.18 Å². The van der Waals surface area contributed by atoms with E-state index in [4.69, 9.17) is 12.4 Å². The smallest absolute Gasteiger partial charge is 0.397 e. The Bertz CT molecular complexity index is 299. The van der Waals surface area contributed by atoms with E-state index < -0.39 is 29.0 Å². The Morgan fingerprint density at radius 3 is 2.64 bits per heavy atom. The Morgan fingerprint density at radius 2 is 2.36 bits per heavy atom. The highest BCUT2D eigenvalue weighted by atomic mass is 32.3. The summed E-state index contributed by atoms with van der Waals surface area (Å²) in [6, 6.07) is -2.96. The molecule has 0 aliphatic rings. The molecule has 0 bridgehead atoms. The molecule has 11 heavy (non-hydrogen) atoms. The zero-order valence-corrected chi connectivity index (χ0v) is 5.91. The lowest BCUT2D eigenvalue weighted by molar-refractivity contribution is -0.139. The van der Waals surface area contributed by atoms with Gasteiger partial charge in [-0.3, -0.25) is 9.35 Å². The molecule has 0 heterocycles. The molecule has 0 spiro atoms. The van der Waals surface area contributed by atoms with E-state index in [0.717, 1.165) is 0 Å². The summed E-state index contributed by atoms with van der Waals surface area (Å²) in [5.74, 6) is -1.95. The maximum absolute atomic E-state index is 10.2. The highest BCUT2D eigenvalue weighted by Crippen LogP contribution is 1.88. The first-order valence-electron chi connectivity index (χ1n) is 3.25. The second-order valence-electron chi connectivity index (χ2n) is 1.40. The van der Waals surface area contributed by atoms with E-state index in [1.165, 1.54) is 0 Å². The second kappa shape index (κ2) is 3.62. The van der Waals surface area contributed by atoms with Crippen LogP contribution in [0.2, 0.25) is 0 Å². The van der Waals surface area contributed by atoms with Crippen molar-refractivity contribution in [3.63, 3.8) is 0 Å². The molecule has 0 saturated heterocycles. The fraction of sp³-hybridized carbons (Fsp3) is 0.667. The molecule has 0 saturated carbocycles. The molecular weight excluding hydrogens is 178 g/mol. The largest absolute Gasteiger partial charge is 0.480 e. The predicted molar refractivity (Wildman–Crippen MR) is 33.1 cm³/mol. The van der Waals surface area contributed by atoms with Crippen LogP contribution in [-0.4, -0.2) is 36.6 Å². The predicted octanol–water partition coefficient (Wildman–Crippen LogP) is -1.78. The van der Waals surface area contributed by atoms with Gasteiger partial charge in [-0.2, -0.15) is 8.42 Å². The van der Waals surface area contributed by atoms with E-state index in [9.17, 15) is 13.2 Å². The van der Waals surface area contributed by atoms with Crippen LogP contribution in [-0.2, 0) is 19.4 Å². The highest BCUT2D eigenvalue weighted by molar-refractivity contribution is 7.80. The lowest BCUT2D eigenvalue weighted by Crippen LogP contribution is -2.35. The molecule has 0 aliphatic heterocycles. The molecule has 0 aromatic carbocycles. The summed E-state index contributed by atoms with van der Waals surface area (Å²) < 4.78 is 44.9. The van der Waals surface area contributed by atoms with Gasteiger partial charge < -0.3 is 10.8 Å². The van der Waals surface area contributed by atoms with Gasteiger partial charge in [0.1, 0.15) is 6.02 Å². The maximum Gasteiger partial charge on any atom is 0.397 e. The summed E-state index contributed by atoms with van der Waals surface area (Å²) in [6.45, 7) is -2.44. The van der Waals surface area contributed by atoms with Gasteiger partial charge in [-0.05, 0) is 0 Å². The first-order chi connectivity index (χ1) is 5.57. The number of hydrogen-bond acceptors (Lipinski definition) is 5. The fourth-order valence-electron chi connectivity index (χ4n) is 0.163. The first kappa shape index (κ1) is 6.98. The lowest BCUT2D eigenvalue weighted by atomic mass is 10.3. The van der Waals surface area contributed by atoms with E-state index >= 15 is 0 Å². The van der Waals surface area contributed by atoms with Crippen molar-refractivity contribution in [2.75, 3.05) is 6.58 Å². The van der Waals surface area contributed by atoms with Gasteiger partial charge in [-0.15, -0.1) is 0 Å². The normalized spacial score (nSPS) is 22.7. The molecule has 0 unspecified atom stereocenters. The Balaban J connectivity index is 4.62. The van der Waals surface area contributed by atoms with Crippen molar-refractivity contribution in [3.8, 4) is 0 Å². The van der Waals surface area contributed by atoms with Crippen molar-refractivity contribution in [3.05, 3.63) is 0 Å². The molecule has 0 radical (unpaired) electrons. The molecule has 0 rings (SSSR count). The Hall–Kier alpha value is -0.700. The average Bonchev–Trinajstić information content (AvgIpc) is 1.82. The second-order valence-corrected chi connectivity index (χ2v) is 2.45. The zero-order valence-electron chi connectivity index (χ0n) is 7.09. The molecule has 4 N–H and O–H groups in total. The summed E-state index contributed by atoms with van der Waals surface area (Å²) >= 11 is 0. The Morgan fingerprint density at radius 1 is 1.91 bits per heavy atom. The number of carboxylic acids is 1. The van der Waals surface area contributed by atoms with Crippen LogP contribution < -0.4 is 5.73 Å². The van der Waals surface area contributed by atoms with Gasteiger partial charge in [0.05, 0.1) is 9.32 Å². The van der Waals surface area contributed by atoms with Gasteiger partial charge in [0.15, 0.2) is 0 Å². The maximum atomic E-state index is 10.2. The van der Waals surface area contributed by atoms with Crippen molar-refractivity contribution in [1.29, 1.82) is 0 Å². The van der Waals surface area contributed by atoms with Gasteiger partial charge >= 0.3 is 16.4 Å². The number of rotatable bonds is 4. The molecule has 0 aromatic rings. The minimum absolute atomic E-state index is 1.95. The third-order valence-electron chi connectivity index (χ3n) is 0.544. The molecule has 0 aromatic heterocycles. The standard InChI is InChI=1S/C3H7NO6S/c4-2(3(5)6)1-10-11(7,8)9/h2H,1,4H2,(H,5,6)(H,7,8,9)/t2-/m0/s1/i1D,2D/t1-,2-. The number of carbonyl (C=O) groups is 1. The van der Waals surface area contributed by atoms with Crippen LogP contribution in [0.5, 0.6) is 0 Å². The first-order valence-corrected chi connectivity index (χ1v) is 3.54. The van der Waals surface area contributed by atoms with E-state index in [2.05, 4.69) is 9.92 Å². The van der Waals surface area contributed by atoms with Crippen LogP contribution in [0.25, 0.3) is 0 Å². The van der Waals surface area contributed by atoms with E-state index in [0.29, 0.717) is 0 Å². The molecule has 0 aliphatic carbocycles. The summed E-state index contributed by atoms with van der Waals surface area (Å²) in [4.78, 5) is 10.2. The number of hydrogen-bond donors (Lipinski definition) is 3. The van der Waals surface area contributed by atoms with Crippen LogP contribution in [0.15, 0.2) is 0 Å². The number of nitrogens with two attached hydrogens (primary N) is 1. The van der Waals surface area contributed by atoms with Gasteiger partial charge in [0.25, 0.3) is 0 Å².